The van der Waals surface area contributed by atoms with Gasteiger partial charge in [0.05, 0.1) is 25.0 Å². The zero-order chi connectivity index (χ0) is 19.1. The van der Waals surface area contributed by atoms with Gasteiger partial charge in [-0.3, -0.25) is 4.79 Å². The number of benzene rings is 1. The summed E-state index contributed by atoms with van der Waals surface area (Å²) in [5.74, 6) is -0.515. The summed E-state index contributed by atoms with van der Waals surface area (Å²) in [6.07, 6.45) is 0. The van der Waals surface area contributed by atoms with E-state index in [4.69, 9.17) is 4.74 Å². The van der Waals surface area contributed by atoms with Crippen LogP contribution in [0.5, 0.6) is 0 Å². The van der Waals surface area contributed by atoms with Crippen LogP contribution < -0.4 is 5.32 Å². The largest absolute Gasteiger partial charge is 0.379 e. The zero-order valence-corrected chi connectivity index (χ0v) is 16.3. The summed E-state index contributed by atoms with van der Waals surface area (Å²) in [4.78, 5) is 16.0. The van der Waals surface area contributed by atoms with Gasteiger partial charge in [-0.15, -0.1) is 0 Å². The smallest absolute Gasteiger partial charge is 0.251 e. The van der Waals surface area contributed by atoms with Crippen LogP contribution >= 0.6 is 0 Å². The van der Waals surface area contributed by atoms with Crippen molar-refractivity contribution in [2.24, 2.45) is 5.92 Å². The van der Waals surface area contributed by atoms with Gasteiger partial charge in [0.1, 0.15) is 0 Å². The summed E-state index contributed by atoms with van der Waals surface area (Å²) >= 11 is 0. The van der Waals surface area contributed by atoms with Crippen LogP contribution in [0.3, 0.4) is 0 Å². The molecule has 1 aromatic carbocycles. The molecule has 1 aliphatic heterocycles. The van der Waals surface area contributed by atoms with Gasteiger partial charge in [-0.1, -0.05) is 0 Å². The molecular formula is C18H25N3O4S. The number of amides is 1. The molecule has 142 valence electrons. The van der Waals surface area contributed by atoms with Crippen molar-refractivity contribution in [1.29, 1.82) is 0 Å². The van der Waals surface area contributed by atoms with Crippen molar-refractivity contribution in [3.63, 3.8) is 0 Å². The molecule has 26 heavy (non-hydrogen) atoms. The van der Waals surface area contributed by atoms with Crippen LogP contribution in [0.25, 0.3) is 10.9 Å². The molecule has 2 aromatic rings. The Bertz CT molecular complexity index is 933. The average molecular weight is 379 g/mol. The Kier molecular flexibility index (Phi) is 5.09. The van der Waals surface area contributed by atoms with E-state index in [0.29, 0.717) is 18.8 Å². The molecule has 3 rings (SSSR count). The van der Waals surface area contributed by atoms with Crippen LogP contribution in [0.1, 0.15) is 21.6 Å². The van der Waals surface area contributed by atoms with E-state index >= 15 is 0 Å². The standard InChI is InChI=1S/C18H25N3O4S/c1-11-12(2)19-16-6-5-13(7-15(11)16)18(22)20-17-9-25-8-14(17)10-26(23,24)21(3)4/h5-7,14,17,19H,8-10H2,1-4H3,(H,20,22)/t14-,17+/m0/s1. The monoisotopic (exact) mass is 379 g/mol. The van der Waals surface area contributed by atoms with Gasteiger partial charge < -0.3 is 15.0 Å². The lowest BCUT2D eigenvalue weighted by Crippen LogP contribution is -2.43. The van der Waals surface area contributed by atoms with Gasteiger partial charge in [0.25, 0.3) is 5.91 Å². The molecule has 1 saturated heterocycles. The Balaban J connectivity index is 1.75. The van der Waals surface area contributed by atoms with E-state index < -0.39 is 10.0 Å². The fraction of sp³-hybridized carbons (Fsp3) is 0.500. The Morgan fingerprint density at radius 3 is 2.73 bits per heavy atom. The number of hydrogen-bond donors (Lipinski definition) is 2. The molecular weight excluding hydrogens is 354 g/mol. The summed E-state index contributed by atoms with van der Waals surface area (Å²) < 4.78 is 30.9. The second-order valence-electron chi connectivity index (χ2n) is 7.07. The Labute approximate surface area is 153 Å². The number of nitrogens with one attached hydrogen (secondary N) is 2. The fourth-order valence-corrected chi connectivity index (χ4v) is 4.36. The number of nitrogens with zero attached hydrogens (tertiary/aromatic N) is 1. The first-order valence-electron chi connectivity index (χ1n) is 8.57. The minimum Gasteiger partial charge on any atom is -0.379 e. The van der Waals surface area contributed by atoms with Crippen LogP contribution in [0.4, 0.5) is 0 Å². The lowest BCUT2D eigenvalue weighted by Gasteiger charge is -2.21. The highest BCUT2D eigenvalue weighted by Gasteiger charge is 2.34. The van der Waals surface area contributed by atoms with Gasteiger partial charge in [0, 0.05) is 42.2 Å². The summed E-state index contributed by atoms with van der Waals surface area (Å²) in [6, 6.07) is 5.21. The number of hydrogen-bond acceptors (Lipinski definition) is 4. The molecule has 0 saturated carbocycles. The molecule has 0 unspecified atom stereocenters. The average Bonchev–Trinajstić information content (AvgIpc) is 3.11. The van der Waals surface area contributed by atoms with Crippen molar-refractivity contribution in [3.8, 4) is 0 Å². The third-order valence-electron chi connectivity index (χ3n) is 5.07. The van der Waals surface area contributed by atoms with E-state index in [-0.39, 0.29) is 23.6 Å². The molecule has 0 spiro atoms. The number of aromatic nitrogens is 1. The van der Waals surface area contributed by atoms with Gasteiger partial charge in [-0.25, -0.2) is 12.7 Å². The van der Waals surface area contributed by atoms with Crippen molar-refractivity contribution in [2.45, 2.75) is 19.9 Å². The lowest BCUT2D eigenvalue weighted by atomic mass is 10.0. The van der Waals surface area contributed by atoms with E-state index in [2.05, 4.69) is 10.3 Å². The molecule has 2 N–H and O–H groups in total. The fourth-order valence-electron chi connectivity index (χ4n) is 3.20. The van der Waals surface area contributed by atoms with Crippen molar-refractivity contribution in [1.82, 2.24) is 14.6 Å². The number of carbonyl (C=O) groups is 1. The number of sulfonamides is 1. The number of carbonyl (C=O) groups excluding carboxylic acids is 1. The number of ether oxygens (including phenoxy) is 1. The number of aryl methyl sites for hydroxylation is 2. The maximum Gasteiger partial charge on any atom is 0.251 e. The Morgan fingerprint density at radius 1 is 1.31 bits per heavy atom. The van der Waals surface area contributed by atoms with Crippen LogP contribution in [-0.4, -0.2) is 62.7 Å². The van der Waals surface area contributed by atoms with Crippen molar-refractivity contribution in [2.75, 3.05) is 33.1 Å². The number of rotatable bonds is 5. The van der Waals surface area contributed by atoms with Crippen LogP contribution in [0, 0.1) is 19.8 Å². The third-order valence-corrected chi connectivity index (χ3v) is 7.03. The van der Waals surface area contributed by atoms with E-state index in [1.165, 1.54) is 18.4 Å². The third kappa shape index (κ3) is 3.62. The normalized spacial score (nSPS) is 20.8. The number of aromatic amines is 1. The highest BCUT2D eigenvalue weighted by Crippen LogP contribution is 2.23. The highest BCUT2D eigenvalue weighted by molar-refractivity contribution is 7.89. The van der Waals surface area contributed by atoms with Gasteiger partial charge in [-0.2, -0.15) is 0 Å². The number of H-pyrrole nitrogens is 1. The summed E-state index contributed by atoms with van der Waals surface area (Å²) in [5.41, 5.74) is 3.75. The number of fused-ring (bicyclic) bond motifs is 1. The second kappa shape index (κ2) is 7.02. The molecule has 2 heterocycles. The first kappa shape index (κ1) is 18.9. The summed E-state index contributed by atoms with van der Waals surface area (Å²) in [7, 11) is -0.331. The minimum atomic E-state index is -3.35. The molecule has 7 nitrogen and oxygen atoms in total. The van der Waals surface area contributed by atoms with E-state index in [9.17, 15) is 13.2 Å². The predicted octanol–water partition coefficient (Wildman–Crippen LogP) is 1.42. The second-order valence-corrected chi connectivity index (χ2v) is 9.30. The Hall–Kier alpha value is -1.90. The van der Waals surface area contributed by atoms with Gasteiger partial charge in [0.15, 0.2) is 0 Å². The van der Waals surface area contributed by atoms with Crippen LogP contribution in [0.2, 0.25) is 0 Å². The van der Waals surface area contributed by atoms with E-state index in [0.717, 1.165) is 22.2 Å². The van der Waals surface area contributed by atoms with Gasteiger partial charge >= 0.3 is 0 Å². The maximum absolute atomic E-state index is 12.7. The van der Waals surface area contributed by atoms with Crippen molar-refractivity contribution in [3.05, 3.63) is 35.0 Å². The molecule has 1 aromatic heterocycles. The van der Waals surface area contributed by atoms with Gasteiger partial charge in [0.2, 0.25) is 10.0 Å². The molecule has 8 heteroatoms. The first-order chi connectivity index (χ1) is 12.2. The summed E-state index contributed by atoms with van der Waals surface area (Å²) in [6.45, 7) is 4.67. The maximum atomic E-state index is 12.7. The SMILES string of the molecule is Cc1[nH]c2ccc(C(=O)N[C@@H]3COC[C@H]3CS(=O)(=O)N(C)C)cc2c1C. The predicted molar refractivity (Wildman–Crippen MR) is 101 cm³/mol. The topological polar surface area (TPSA) is 91.5 Å². The molecule has 1 amide bonds. The van der Waals surface area contributed by atoms with Crippen molar-refractivity contribution < 1.29 is 17.9 Å². The molecule has 0 bridgehead atoms. The van der Waals surface area contributed by atoms with Crippen LogP contribution in [-0.2, 0) is 14.8 Å². The summed E-state index contributed by atoms with van der Waals surface area (Å²) in [5, 5.41) is 3.96. The lowest BCUT2D eigenvalue weighted by molar-refractivity contribution is 0.0926. The minimum absolute atomic E-state index is 0.0416. The van der Waals surface area contributed by atoms with Crippen molar-refractivity contribution >= 4 is 26.8 Å². The van der Waals surface area contributed by atoms with E-state index in [1.54, 1.807) is 6.07 Å². The van der Waals surface area contributed by atoms with E-state index in [1.807, 2.05) is 26.0 Å². The first-order valence-corrected chi connectivity index (χ1v) is 10.2. The molecule has 2 atom stereocenters. The van der Waals surface area contributed by atoms with Crippen LogP contribution in [0.15, 0.2) is 18.2 Å². The Morgan fingerprint density at radius 2 is 2.04 bits per heavy atom. The molecule has 0 radical (unpaired) electrons. The molecule has 0 aliphatic carbocycles. The van der Waals surface area contributed by atoms with Gasteiger partial charge in [-0.05, 0) is 37.6 Å². The molecule has 1 fully saturated rings. The highest BCUT2D eigenvalue weighted by atomic mass is 32.2. The zero-order valence-electron chi connectivity index (χ0n) is 15.5. The molecule has 1 aliphatic rings. The quantitative estimate of drug-likeness (QED) is 0.822.